The normalized spacial score (nSPS) is 20.8. The topological polar surface area (TPSA) is 71.0 Å². The summed E-state index contributed by atoms with van der Waals surface area (Å²) in [4.78, 5) is 11.3. The maximum Gasteiger partial charge on any atom is 0.128 e. The standard InChI is InChI=1S/C19H20N4O.C4H9NO/c1-24-16-6-2-5-15(10-16)18-17-7-9-23(19(17)22-13-21-18)12-14-4-3-8-20-11-14;1-3-6-4-2-5-1/h2-6,8,10-11,13,19H,7,9,12H2,1H3,(H,21,22);5H,1-4H2. The van der Waals surface area contributed by atoms with Gasteiger partial charge in [-0.25, -0.2) is 0 Å². The molecule has 1 aromatic carbocycles. The van der Waals surface area contributed by atoms with Crippen molar-refractivity contribution in [2.45, 2.75) is 19.1 Å². The van der Waals surface area contributed by atoms with Gasteiger partial charge in [0.05, 0.1) is 26.7 Å². The Bertz CT molecular complexity index is 869. The van der Waals surface area contributed by atoms with Crippen LogP contribution in [0.2, 0.25) is 0 Å². The predicted octanol–water partition coefficient (Wildman–Crippen LogP) is 2.27. The molecule has 0 bridgehead atoms. The highest BCUT2D eigenvalue weighted by Crippen LogP contribution is 2.34. The van der Waals surface area contributed by atoms with E-state index in [4.69, 9.17) is 9.47 Å². The lowest BCUT2D eigenvalue weighted by Crippen LogP contribution is -2.32. The van der Waals surface area contributed by atoms with E-state index in [1.807, 2.05) is 36.9 Å². The maximum absolute atomic E-state index is 5.36. The fourth-order valence-corrected chi connectivity index (χ4v) is 3.89. The third-order valence-corrected chi connectivity index (χ3v) is 5.38. The van der Waals surface area contributed by atoms with Crippen molar-refractivity contribution in [2.75, 3.05) is 40.0 Å². The lowest BCUT2D eigenvalue weighted by Gasteiger charge is -2.26. The number of fused-ring (bicyclic) bond motifs is 1. The minimum Gasteiger partial charge on any atom is -0.497 e. The van der Waals surface area contributed by atoms with Gasteiger partial charge in [-0.05, 0) is 35.8 Å². The van der Waals surface area contributed by atoms with Crippen molar-refractivity contribution in [3.05, 3.63) is 65.5 Å². The summed E-state index contributed by atoms with van der Waals surface area (Å²) in [5.74, 6) is 0.867. The number of aromatic nitrogens is 1. The number of nitrogens with one attached hydrogen (secondary N) is 2. The molecule has 0 amide bonds. The molecule has 2 fully saturated rings. The summed E-state index contributed by atoms with van der Waals surface area (Å²) in [5, 5.41) is 6.50. The Morgan fingerprint density at radius 2 is 2.10 bits per heavy atom. The van der Waals surface area contributed by atoms with Crippen molar-refractivity contribution in [3.8, 4) is 5.75 Å². The maximum atomic E-state index is 5.36. The van der Waals surface area contributed by atoms with E-state index in [-0.39, 0.29) is 6.17 Å². The van der Waals surface area contributed by atoms with Crippen molar-refractivity contribution in [1.29, 1.82) is 0 Å². The molecule has 1 aromatic heterocycles. The molecule has 2 saturated heterocycles. The molecular weight excluding hydrogens is 378 g/mol. The number of morpholine rings is 1. The molecule has 7 nitrogen and oxygen atoms in total. The summed E-state index contributed by atoms with van der Waals surface area (Å²) in [6.45, 7) is 5.70. The van der Waals surface area contributed by atoms with Crippen molar-refractivity contribution < 1.29 is 9.47 Å². The molecule has 0 radical (unpaired) electrons. The largest absolute Gasteiger partial charge is 0.497 e. The van der Waals surface area contributed by atoms with E-state index in [2.05, 4.69) is 43.7 Å². The van der Waals surface area contributed by atoms with E-state index in [0.29, 0.717) is 0 Å². The second-order valence-corrected chi connectivity index (χ2v) is 7.37. The van der Waals surface area contributed by atoms with Gasteiger partial charge >= 0.3 is 0 Å². The SMILES string of the molecule is C1COCCN1.COc1cccc(C2=C3CCN(Cc4cccnc4)C3N=CN2)c1. The number of ether oxygens (including phenoxy) is 2. The molecule has 5 rings (SSSR count). The molecule has 3 aliphatic rings. The number of hydrogen-bond acceptors (Lipinski definition) is 7. The minimum absolute atomic E-state index is 0.104. The van der Waals surface area contributed by atoms with E-state index in [1.165, 1.54) is 11.1 Å². The molecule has 0 aliphatic carbocycles. The van der Waals surface area contributed by atoms with Gasteiger partial charge in [0.2, 0.25) is 0 Å². The van der Waals surface area contributed by atoms with Gasteiger partial charge in [-0.2, -0.15) is 0 Å². The zero-order valence-electron chi connectivity index (χ0n) is 17.4. The Labute approximate surface area is 177 Å². The van der Waals surface area contributed by atoms with Crippen molar-refractivity contribution in [1.82, 2.24) is 20.5 Å². The first-order valence-electron chi connectivity index (χ1n) is 10.4. The number of rotatable bonds is 4. The molecule has 0 spiro atoms. The second-order valence-electron chi connectivity index (χ2n) is 7.37. The molecule has 1 atom stereocenters. The third-order valence-electron chi connectivity index (χ3n) is 5.38. The van der Waals surface area contributed by atoms with Crippen LogP contribution in [0.3, 0.4) is 0 Å². The van der Waals surface area contributed by atoms with Crippen LogP contribution in [-0.4, -0.2) is 62.3 Å². The van der Waals surface area contributed by atoms with Gasteiger partial charge in [-0.15, -0.1) is 0 Å². The number of aliphatic imine (C=N–C) groups is 1. The highest BCUT2D eigenvalue weighted by Gasteiger charge is 2.33. The highest BCUT2D eigenvalue weighted by molar-refractivity contribution is 5.81. The summed E-state index contributed by atoms with van der Waals surface area (Å²) in [6, 6.07) is 12.3. The zero-order valence-corrected chi connectivity index (χ0v) is 17.4. The first kappa shape index (κ1) is 20.5. The molecule has 4 heterocycles. The monoisotopic (exact) mass is 407 g/mol. The van der Waals surface area contributed by atoms with Crippen molar-refractivity contribution >= 4 is 12.0 Å². The third kappa shape index (κ3) is 5.05. The Morgan fingerprint density at radius 1 is 1.20 bits per heavy atom. The molecule has 30 heavy (non-hydrogen) atoms. The van der Waals surface area contributed by atoms with Crippen molar-refractivity contribution in [2.24, 2.45) is 4.99 Å². The lowest BCUT2D eigenvalue weighted by molar-refractivity contribution is 0.109. The van der Waals surface area contributed by atoms with Gasteiger partial charge in [0, 0.05) is 49.8 Å². The van der Waals surface area contributed by atoms with Crippen LogP contribution in [0.5, 0.6) is 5.75 Å². The molecule has 3 aliphatic heterocycles. The number of benzene rings is 1. The number of nitrogens with zero attached hydrogens (tertiary/aromatic N) is 3. The smallest absolute Gasteiger partial charge is 0.128 e. The second kappa shape index (κ2) is 10.3. The van der Waals surface area contributed by atoms with E-state index in [0.717, 1.165) is 62.8 Å². The Balaban J connectivity index is 0.000000313. The van der Waals surface area contributed by atoms with Gasteiger partial charge in [0.1, 0.15) is 11.9 Å². The zero-order chi connectivity index (χ0) is 20.6. The van der Waals surface area contributed by atoms with E-state index >= 15 is 0 Å². The summed E-state index contributed by atoms with van der Waals surface area (Å²) in [5.41, 5.74) is 4.86. The molecule has 7 heteroatoms. The van der Waals surface area contributed by atoms with Crippen LogP contribution >= 0.6 is 0 Å². The van der Waals surface area contributed by atoms with Gasteiger partial charge < -0.3 is 20.1 Å². The molecule has 2 aromatic rings. The molecule has 158 valence electrons. The first-order valence-corrected chi connectivity index (χ1v) is 10.4. The van der Waals surface area contributed by atoms with Gasteiger partial charge in [-0.3, -0.25) is 14.9 Å². The van der Waals surface area contributed by atoms with Crippen LogP contribution < -0.4 is 15.4 Å². The Kier molecular flexibility index (Phi) is 7.07. The predicted molar refractivity (Wildman–Crippen MR) is 118 cm³/mol. The molecule has 0 saturated carbocycles. The quantitative estimate of drug-likeness (QED) is 0.810. The summed E-state index contributed by atoms with van der Waals surface area (Å²) < 4.78 is 10.4. The van der Waals surface area contributed by atoms with Gasteiger partial charge in [0.25, 0.3) is 0 Å². The number of pyridine rings is 1. The fraction of sp³-hybridized carbons (Fsp3) is 0.391. The van der Waals surface area contributed by atoms with Crippen LogP contribution in [0.1, 0.15) is 17.5 Å². The Morgan fingerprint density at radius 3 is 2.80 bits per heavy atom. The summed E-state index contributed by atoms with van der Waals surface area (Å²) in [7, 11) is 1.70. The molecular formula is C23H29N5O2. The highest BCUT2D eigenvalue weighted by atomic mass is 16.5. The van der Waals surface area contributed by atoms with Crippen LogP contribution in [0, 0.1) is 0 Å². The van der Waals surface area contributed by atoms with Crippen LogP contribution in [0.25, 0.3) is 5.70 Å². The minimum atomic E-state index is 0.104. The van der Waals surface area contributed by atoms with E-state index < -0.39 is 0 Å². The van der Waals surface area contributed by atoms with E-state index in [9.17, 15) is 0 Å². The van der Waals surface area contributed by atoms with Crippen LogP contribution in [0.15, 0.2) is 59.4 Å². The lowest BCUT2D eigenvalue weighted by atomic mass is 10.0. The number of likely N-dealkylation sites (tertiary alicyclic amines) is 1. The molecule has 1 unspecified atom stereocenters. The van der Waals surface area contributed by atoms with E-state index in [1.54, 1.807) is 7.11 Å². The van der Waals surface area contributed by atoms with Crippen LogP contribution in [-0.2, 0) is 11.3 Å². The average Bonchev–Trinajstić information content (AvgIpc) is 3.24. The summed E-state index contributed by atoms with van der Waals surface area (Å²) >= 11 is 0. The van der Waals surface area contributed by atoms with Gasteiger partial charge in [-0.1, -0.05) is 18.2 Å². The van der Waals surface area contributed by atoms with Crippen molar-refractivity contribution in [3.63, 3.8) is 0 Å². The average molecular weight is 408 g/mol. The number of hydrogen-bond donors (Lipinski definition) is 2. The molecule has 2 N–H and O–H groups in total. The first-order chi connectivity index (χ1) is 14.8. The number of methoxy groups -OCH3 is 1. The van der Waals surface area contributed by atoms with Crippen LogP contribution in [0.4, 0.5) is 0 Å². The Hall–Kier alpha value is -2.74. The van der Waals surface area contributed by atoms with Gasteiger partial charge in [0.15, 0.2) is 0 Å². The summed E-state index contributed by atoms with van der Waals surface area (Å²) in [6.07, 6.45) is 6.66. The fourth-order valence-electron chi connectivity index (χ4n) is 3.89.